The van der Waals surface area contributed by atoms with E-state index < -0.39 is 0 Å². The van der Waals surface area contributed by atoms with Crippen LogP contribution in [0.1, 0.15) is 11.1 Å². The molecule has 0 spiro atoms. The number of amides is 1. The first kappa shape index (κ1) is 20.0. The molecule has 0 bridgehead atoms. The van der Waals surface area contributed by atoms with Gasteiger partial charge in [0.05, 0.1) is 17.7 Å². The highest BCUT2D eigenvalue weighted by molar-refractivity contribution is 8.18. The summed E-state index contributed by atoms with van der Waals surface area (Å²) in [5.41, 5.74) is 2.41. The zero-order chi connectivity index (χ0) is 20.1. The van der Waals surface area contributed by atoms with Gasteiger partial charge in [0.1, 0.15) is 6.61 Å². The van der Waals surface area contributed by atoms with Crippen LogP contribution in [0.2, 0.25) is 5.02 Å². The Balaban J connectivity index is 1.83. The average Bonchev–Trinajstić information content (AvgIpc) is 3.03. The number of methoxy groups -OCH3 is 1. The number of hydrogen-bond donors (Lipinski definition) is 1. The Bertz CT molecular complexity index is 986. The Labute approximate surface area is 173 Å². The van der Waals surface area contributed by atoms with Crippen LogP contribution in [0.25, 0.3) is 6.08 Å². The van der Waals surface area contributed by atoms with E-state index >= 15 is 0 Å². The molecule has 28 heavy (non-hydrogen) atoms. The predicted molar refractivity (Wildman–Crippen MR) is 116 cm³/mol. The molecule has 1 amide bonds. The third-order valence-corrected chi connectivity index (χ3v) is 5.27. The SMILES string of the molecule is C=CCOc1ccc(/C=C2\SC(=Nc3cccc(Cl)c3C)NC2=O)cc1OC. The number of carbonyl (C=O) groups is 1. The van der Waals surface area contributed by atoms with Gasteiger partial charge in [-0.15, -0.1) is 0 Å². The van der Waals surface area contributed by atoms with E-state index in [1.54, 1.807) is 25.3 Å². The summed E-state index contributed by atoms with van der Waals surface area (Å²) in [6.07, 6.45) is 3.45. The van der Waals surface area contributed by atoms with Gasteiger partial charge < -0.3 is 14.8 Å². The third kappa shape index (κ3) is 4.58. The molecule has 1 aliphatic rings. The normalized spacial score (nSPS) is 16.3. The van der Waals surface area contributed by atoms with E-state index in [1.807, 2.05) is 37.3 Å². The minimum absolute atomic E-state index is 0.200. The van der Waals surface area contributed by atoms with Crippen molar-refractivity contribution in [1.29, 1.82) is 0 Å². The molecule has 3 rings (SSSR count). The third-order valence-electron chi connectivity index (χ3n) is 3.95. The molecule has 1 fully saturated rings. The van der Waals surface area contributed by atoms with E-state index in [0.717, 1.165) is 16.8 Å². The molecular formula is C21H19ClN2O3S. The average molecular weight is 415 g/mol. The Morgan fingerprint density at radius 2 is 2.11 bits per heavy atom. The number of thioether (sulfide) groups is 1. The summed E-state index contributed by atoms with van der Waals surface area (Å²) >= 11 is 7.41. The number of aliphatic imine (C=N–C) groups is 1. The van der Waals surface area contributed by atoms with Crippen LogP contribution in [0, 0.1) is 6.92 Å². The molecule has 0 aromatic heterocycles. The van der Waals surface area contributed by atoms with E-state index in [2.05, 4.69) is 16.9 Å². The van der Waals surface area contributed by atoms with Crippen molar-refractivity contribution in [2.24, 2.45) is 4.99 Å². The maximum Gasteiger partial charge on any atom is 0.264 e. The number of benzene rings is 2. The van der Waals surface area contributed by atoms with Crippen LogP contribution in [-0.2, 0) is 4.79 Å². The lowest BCUT2D eigenvalue weighted by atomic mass is 10.2. The fourth-order valence-electron chi connectivity index (χ4n) is 2.50. The molecule has 0 unspecified atom stereocenters. The summed E-state index contributed by atoms with van der Waals surface area (Å²) in [6, 6.07) is 11.0. The Kier molecular flexibility index (Phi) is 6.44. The quantitative estimate of drug-likeness (QED) is 0.526. The first-order valence-corrected chi connectivity index (χ1v) is 9.67. The summed E-state index contributed by atoms with van der Waals surface area (Å²) in [5, 5.41) is 3.93. The molecule has 0 aliphatic carbocycles. The molecular weight excluding hydrogens is 396 g/mol. The predicted octanol–water partition coefficient (Wildman–Crippen LogP) is 5.11. The van der Waals surface area contributed by atoms with E-state index in [1.165, 1.54) is 11.8 Å². The second kappa shape index (κ2) is 8.99. The van der Waals surface area contributed by atoms with Gasteiger partial charge in [0.2, 0.25) is 0 Å². The molecule has 1 N–H and O–H groups in total. The maximum atomic E-state index is 12.3. The fourth-order valence-corrected chi connectivity index (χ4v) is 3.50. The van der Waals surface area contributed by atoms with Crippen LogP contribution in [0.4, 0.5) is 5.69 Å². The maximum absolute atomic E-state index is 12.3. The number of halogens is 1. The molecule has 1 aliphatic heterocycles. The topological polar surface area (TPSA) is 59.9 Å². The highest BCUT2D eigenvalue weighted by Crippen LogP contribution is 2.33. The first-order chi connectivity index (χ1) is 13.5. The van der Waals surface area contributed by atoms with Crippen LogP contribution in [0.5, 0.6) is 11.5 Å². The van der Waals surface area contributed by atoms with Crippen molar-refractivity contribution in [2.45, 2.75) is 6.92 Å². The largest absolute Gasteiger partial charge is 0.493 e. The van der Waals surface area contributed by atoms with E-state index in [0.29, 0.717) is 33.2 Å². The molecule has 0 radical (unpaired) electrons. The van der Waals surface area contributed by atoms with Crippen molar-refractivity contribution in [3.8, 4) is 11.5 Å². The van der Waals surface area contributed by atoms with Gasteiger partial charge in [-0.3, -0.25) is 4.79 Å². The molecule has 0 atom stereocenters. The monoisotopic (exact) mass is 414 g/mol. The first-order valence-electron chi connectivity index (χ1n) is 8.48. The lowest BCUT2D eigenvalue weighted by Crippen LogP contribution is -2.19. The highest BCUT2D eigenvalue weighted by atomic mass is 35.5. The lowest BCUT2D eigenvalue weighted by Gasteiger charge is -2.09. The summed E-state index contributed by atoms with van der Waals surface area (Å²) in [6.45, 7) is 5.91. The minimum atomic E-state index is -0.200. The Morgan fingerprint density at radius 1 is 1.29 bits per heavy atom. The molecule has 144 valence electrons. The number of amidine groups is 1. The number of ether oxygens (including phenoxy) is 2. The van der Waals surface area contributed by atoms with Crippen molar-refractivity contribution >= 4 is 46.2 Å². The van der Waals surface area contributed by atoms with E-state index in [-0.39, 0.29) is 5.91 Å². The van der Waals surface area contributed by atoms with Crippen molar-refractivity contribution in [3.05, 3.63) is 70.1 Å². The van der Waals surface area contributed by atoms with Gasteiger partial charge in [-0.2, -0.15) is 0 Å². The minimum Gasteiger partial charge on any atom is -0.493 e. The smallest absolute Gasteiger partial charge is 0.264 e. The van der Waals surface area contributed by atoms with Crippen molar-refractivity contribution in [3.63, 3.8) is 0 Å². The number of hydrogen-bond acceptors (Lipinski definition) is 5. The Hall–Kier alpha value is -2.70. The van der Waals surface area contributed by atoms with Gasteiger partial charge in [-0.05, 0) is 60.2 Å². The van der Waals surface area contributed by atoms with Gasteiger partial charge in [0.15, 0.2) is 16.7 Å². The van der Waals surface area contributed by atoms with Crippen LogP contribution in [-0.4, -0.2) is 24.8 Å². The second-order valence-electron chi connectivity index (χ2n) is 5.88. The van der Waals surface area contributed by atoms with Crippen LogP contribution < -0.4 is 14.8 Å². The molecule has 1 heterocycles. The molecule has 7 heteroatoms. The van der Waals surface area contributed by atoms with Gasteiger partial charge in [-0.1, -0.05) is 36.4 Å². The lowest BCUT2D eigenvalue weighted by molar-refractivity contribution is -0.115. The standard InChI is InChI=1S/C21H19ClN2O3S/c1-4-10-27-17-9-8-14(11-18(17)26-3)12-19-20(25)24-21(28-19)23-16-7-5-6-15(22)13(16)2/h4-9,11-12H,1,10H2,2-3H3,(H,23,24,25)/b19-12-. The molecule has 5 nitrogen and oxygen atoms in total. The summed E-state index contributed by atoms with van der Waals surface area (Å²) in [5.74, 6) is 1.00. The zero-order valence-electron chi connectivity index (χ0n) is 15.5. The van der Waals surface area contributed by atoms with Crippen molar-refractivity contribution < 1.29 is 14.3 Å². The number of carbonyl (C=O) groups excluding carboxylic acids is 1. The summed E-state index contributed by atoms with van der Waals surface area (Å²) < 4.78 is 10.9. The number of nitrogens with one attached hydrogen (secondary N) is 1. The van der Waals surface area contributed by atoms with Crippen LogP contribution in [0.15, 0.2) is 59.0 Å². The van der Waals surface area contributed by atoms with Gasteiger partial charge in [0.25, 0.3) is 5.91 Å². The van der Waals surface area contributed by atoms with Crippen LogP contribution >= 0.6 is 23.4 Å². The zero-order valence-corrected chi connectivity index (χ0v) is 17.1. The van der Waals surface area contributed by atoms with E-state index in [4.69, 9.17) is 21.1 Å². The van der Waals surface area contributed by atoms with Crippen molar-refractivity contribution in [2.75, 3.05) is 13.7 Å². The van der Waals surface area contributed by atoms with Gasteiger partial charge >= 0.3 is 0 Å². The van der Waals surface area contributed by atoms with Gasteiger partial charge in [0, 0.05) is 5.02 Å². The fraction of sp³-hybridized carbons (Fsp3) is 0.143. The molecule has 2 aromatic carbocycles. The van der Waals surface area contributed by atoms with E-state index in [9.17, 15) is 4.79 Å². The van der Waals surface area contributed by atoms with Crippen LogP contribution in [0.3, 0.4) is 0 Å². The number of nitrogens with zero attached hydrogens (tertiary/aromatic N) is 1. The molecule has 1 saturated heterocycles. The van der Waals surface area contributed by atoms with Crippen molar-refractivity contribution in [1.82, 2.24) is 5.32 Å². The summed E-state index contributed by atoms with van der Waals surface area (Å²) in [7, 11) is 1.57. The Morgan fingerprint density at radius 3 is 2.86 bits per heavy atom. The highest BCUT2D eigenvalue weighted by Gasteiger charge is 2.24. The number of rotatable bonds is 6. The second-order valence-corrected chi connectivity index (χ2v) is 7.31. The summed E-state index contributed by atoms with van der Waals surface area (Å²) in [4.78, 5) is 17.4. The van der Waals surface area contributed by atoms with Gasteiger partial charge in [-0.25, -0.2) is 4.99 Å². The molecule has 2 aromatic rings. The molecule has 0 saturated carbocycles.